The summed E-state index contributed by atoms with van der Waals surface area (Å²) in [6.07, 6.45) is 5.76. The van der Waals surface area contributed by atoms with Crippen LogP contribution in [0.25, 0.3) is 22.1 Å². The molecule has 0 aliphatic carbocycles. The second kappa shape index (κ2) is 9.06. The summed E-state index contributed by atoms with van der Waals surface area (Å²) >= 11 is 6.71. The highest BCUT2D eigenvalue weighted by atomic mass is 35.5. The van der Waals surface area contributed by atoms with Gasteiger partial charge in [0.2, 0.25) is 5.91 Å². The van der Waals surface area contributed by atoms with Crippen molar-refractivity contribution in [3.63, 3.8) is 0 Å². The fraction of sp³-hybridized carbons (Fsp3) is 0.375. The number of carbonyl (C=O) groups is 1. The van der Waals surface area contributed by atoms with E-state index in [1.165, 1.54) is 6.33 Å². The van der Waals surface area contributed by atoms with Crippen LogP contribution in [-0.2, 0) is 4.79 Å². The van der Waals surface area contributed by atoms with Crippen molar-refractivity contribution < 1.29 is 4.79 Å². The molecule has 1 aliphatic rings. The fourth-order valence-corrected chi connectivity index (χ4v) is 4.74. The predicted octanol–water partition coefficient (Wildman–Crippen LogP) is 4.08. The number of carbonyl (C=O) groups excluding carboxylic acids is 1. The monoisotopic (exact) mass is 478 g/mol. The van der Waals surface area contributed by atoms with Gasteiger partial charge in [0.15, 0.2) is 11.5 Å². The summed E-state index contributed by atoms with van der Waals surface area (Å²) in [4.78, 5) is 35.2. The number of nitrogens with zero attached hydrogens (tertiary/aromatic N) is 5. The minimum Gasteiger partial charge on any atom is -0.367 e. The van der Waals surface area contributed by atoms with Crippen LogP contribution in [0.3, 0.4) is 0 Å². The summed E-state index contributed by atoms with van der Waals surface area (Å²) < 4.78 is 0. The Morgan fingerprint density at radius 2 is 2.09 bits per heavy atom. The summed E-state index contributed by atoms with van der Waals surface area (Å²) in [6.45, 7) is 7.42. The molecule has 1 fully saturated rings. The largest absolute Gasteiger partial charge is 0.367 e. The van der Waals surface area contributed by atoms with Gasteiger partial charge in [0.1, 0.15) is 11.8 Å². The molecular weight excluding hydrogens is 452 g/mol. The number of aromatic amines is 1. The number of nitrogens with one attached hydrogen (secondary N) is 3. The van der Waals surface area contributed by atoms with E-state index in [1.807, 2.05) is 32.0 Å². The lowest BCUT2D eigenvalue weighted by Gasteiger charge is -2.27. The first kappa shape index (κ1) is 22.3. The average Bonchev–Trinajstić information content (AvgIpc) is 3.49. The van der Waals surface area contributed by atoms with E-state index in [2.05, 4.69) is 42.4 Å². The Bertz CT molecular complexity index is 1350. The van der Waals surface area contributed by atoms with Crippen molar-refractivity contribution in [1.82, 2.24) is 30.2 Å². The van der Waals surface area contributed by atoms with Crippen LogP contribution in [-0.4, -0.2) is 50.0 Å². The first-order valence-electron chi connectivity index (χ1n) is 11.5. The highest BCUT2D eigenvalue weighted by molar-refractivity contribution is 6.36. The third-order valence-electron chi connectivity index (χ3n) is 6.26. The maximum absolute atomic E-state index is 12.3. The lowest BCUT2D eigenvalue weighted by Crippen LogP contribution is -2.39. The van der Waals surface area contributed by atoms with E-state index in [9.17, 15) is 4.79 Å². The SMILES string of the molecule is CC(C)C(=O)N[C@H]1CCN(c2c([C@H](C)Nc3ncnc4nc[nH]c34)cc(Cl)c3cccnc23)C1. The Kier molecular flexibility index (Phi) is 5.95. The minimum absolute atomic E-state index is 0.0426. The Hall–Kier alpha value is -3.46. The molecule has 1 amide bonds. The van der Waals surface area contributed by atoms with Gasteiger partial charge >= 0.3 is 0 Å². The summed E-state index contributed by atoms with van der Waals surface area (Å²) in [7, 11) is 0. The summed E-state index contributed by atoms with van der Waals surface area (Å²) in [5.41, 5.74) is 4.24. The van der Waals surface area contributed by atoms with Crippen LogP contribution in [0, 0.1) is 5.92 Å². The van der Waals surface area contributed by atoms with Crippen LogP contribution in [0.5, 0.6) is 0 Å². The van der Waals surface area contributed by atoms with Gasteiger partial charge in [0.05, 0.1) is 28.6 Å². The van der Waals surface area contributed by atoms with Gasteiger partial charge in [0, 0.05) is 42.2 Å². The molecule has 0 spiro atoms. The number of fused-ring (bicyclic) bond motifs is 2. The lowest BCUT2D eigenvalue weighted by atomic mass is 10.0. The quantitative estimate of drug-likeness (QED) is 0.383. The van der Waals surface area contributed by atoms with Gasteiger partial charge in [-0.25, -0.2) is 15.0 Å². The molecule has 5 rings (SSSR count). The number of amides is 1. The second-order valence-electron chi connectivity index (χ2n) is 8.98. The third kappa shape index (κ3) is 4.11. The number of hydrogen-bond acceptors (Lipinski definition) is 7. The van der Waals surface area contributed by atoms with Crippen molar-refractivity contribution >= 4 is 51.1 Å². The minimum atomic E-state index is -0.135. The maximum atomic E-state index is 12.3. The Morgan fingerprint density at radius 3 is 2.91 bits per heavy atom. The predicted molar refractivity (Wildman–Crippen MR) is 134 cm³/mol. The van der Waals surface area contributed by atoms with E-state index in [-0.39, 0.29) is 23.9 Å². The molecule has 3 N–H and O–H groups in total. The second-order valence-corrected chi connectivity index (χ2v) is 9.39. The van der Waals surface area contributed by atoms with E-state index >= 15 is 0 Å². The van der Waals surface area contributed by atoms with Gasteiger partial charge in [-0.1, -0.05) is 25.4 Å². The highest BCUT2D eigenvalue weighted by Crippen LogP contribution is 2.40. The molecule has 1 aromatic carbocycles. The topological polar surface area (TPSA) is 112 Å². The van der Waals surface area contributed by atoms with Crippen molar-refractivity contribution in [1.29, 1.82) is 0 Å². The van der Waals surface area contributed by atoms with Crippen molar-refractivity contribution in [3.8, 4) is 0 Å². The average molecular weight is 479 g/mol. The molecule has 2 atom stereocenters. The van der Waals surface area contributed by atoms with Gasteiger partial charge in [-0.15, -0.1) is 0 Å². The molecule has 0 radical (unpaired) electrons. The molecule has 0 bridgehead atoms. The molecular formula is C24H27ClN8O. The van der Waals surface area contributed by atoms with Crippen molar-refractivity contribution in [3.05, 3.63) is 47.6 Å². The van der Waals surface area contributed by atoms with Gasteiger partial charge in [-0.2, -0.15) is 0 Å². The van der Waals surface area contributed by atoms with E-state index in [1.54, 1.807) is 12.5 Å². The number of anilines is 2. The smallest absolute Gasteiger partial charge is 0.222 e. The first-order valence-corrected chi connectivity index (χ1v) is 11.8. The molecule has 1 saturated heterocycles. The molecule has 3 aromatic heterocycles. The van der Waals surface area contributed by atoms with Gasteiger partial charge in [-0.3, -0.25) is 9.78 Å². The van der Waals surface area contributed by atoms with E-state index in [4.69, 9.17) is 16.6 Å². The number of pyridine rings is 1. The van der Waals surface area contributed by atoms with E-state index in [0.29, 0.717) is 23.0 Å². The number of H-pyrrole nitrogens is 1. The molecule has 0 unspecified atom stereocenters. The molecule has 0 saturated carbocycles. The van der Waals surface area contributed by atoms with Crippen LogP contribution in [0.2, 0.25) is 5.02 Å². The standard InChI is InChI=1S/C24H27ClN8O/c1-13(2)24(34)32-15-6-8-33(10-15)21-17(9-18(25)16-5-4-7-26-19(16)21)14(3)31-23-20-22(28-11-27-20)29-12-30-23/h4-5,7,9,11-15H,6,8,10H2,1-3H3,(H,32,34)(H2,27,28,29,30,31)/t14-,15-/m0/s1. The molecule has 10 heteroatoms. The number of hydrogen-bond donors (Lipinski definition) is 3. The van der Waals surface area contributed by atoms with E-state index in [0.717, 1.165) is 40.6 Å². The first-order chi connectivity index (χ1) is 16.4. The van der Waals surface area contributed by atoms with Gasteiger partial charge < -0.3 is 20.5 Å². The summed E-state index contributed by atoms with van der Waals surface area (Å²) in [5, 5.41) is 8.22. The number of benzene rings is 1. The Labute approximate surface area is 202 Å². The summed E-state index contributed by atoms with van der Waals surface area (Å²) in [5.74, 6) is 0.703. The third-order valence-corrected chi connectivity index (χ3v) is 6.58. The zero-order chi connectivity index (χ0) is 23.8. The van der Waals surface area contributed by atoms with Crippen molar-refractivity contribution in [2.45, 2.75) is 39.3 Å². The number of imidazole rings is 1. The van der Waals surface area contributed by atoms with Crippen LogP contribution < -0.4 is 15.5 Å². The fourth-order valence-electron chi connectivity index (χ4n) is 4.47. The zero-order valence-corrected chi connectivity index (χ0v) is 20.1. The molecule has 4 heterocycles. The lowest BCUT2D eigenvalue weighted by molar-refractivity contribution is -0.124. The van der Waals surface area contributed by atoms with Crippen LogP contribution in [0.15, 0.2) is 37.1 Å². The van der Waals surface area contributed by atoms with Crippen LogP contribution in [0.4, 0.5) is 11.5 Å². The molecule has 34 heavy (non-hydrogen) atoms. The van der Waals surface area contributed by atoms with Crippen molar-refractivity contribution in [2.75, 3.05) is 23.3 Å². The molecule has 9 nitrogen and oxygen atoms in total. The van der Waals surface area contributed by atoms with Gasteiger partial charge in [-0.05, 0) is 31.5 Å². The van der Waals surface area contributed by atoms with Crippen LogP contribution in [0.1, 0.15) is 38.8 Å². The Balaban J connectivity index is 1.52. The maximum Gasteiger partial charge on any atom is 0.222 e. The normalized spacial score (nSPS) is 17.0. The van der Waals surface area contributed by atoms with E-state index < -0.39 is 0 Å². The van der Waals surface area contributed by atoms with Gasteiger partial charge in [0.25, 0.3) is 0 Å². The number of rotatable bonds is 6. The number of halogens is 1. The van der Waals surface area contributed by atoms with Crippen molar-refractivity contribution in [2.24, 2.45) is 5.92 Å². The summed E-state index contributed by atoms with van der Waals surface area (Å²) in [6, 6.07) is 5.84. The Morgan fingerprint density at radius 1 is 1.24 bits per heavy atom. The molecule has 176 valence electrons. The molecule has 4 aromatic rings. The highest BCUT2D eigenvalue weighted by Gasteiger charge is 2.29. The zero-order valence-electron chi connectivity index (χ0n) is 19.3. The molecule has 1 aliphatic heterocycles. The van der Waals surface area contributed by atoms with Crippen LogP contribution >= 0.6 is 11.6 Å². The number of aromatic nitrogens is 5.